The van der Waals surface area contributed by atoms with Gasteiger partial charge in [0, 0.05) is 6.54 Å². The summed E-state index contributed by atoms with van der Waals surface area (Å²) >= 11 is 0. The number of anilines is 1. The molecule has 5 nitrogen and oxygen atoms in total. The molecule has 5 heteroatoms. The van der Waals surface area contributed by atoms with E-state index in [1.807, 2.05) is 62.1 Å². The summed E-state index contributed by atoms with van der Waals surface area (Å²) in [5, 5.41) is 2.29. The third-order valence-electron chi connectivity index (χ3n) is 6.91. The summed E-state index contributed by atoms with van der Waals surface area (Å²) < 4.78 is 12.4. The van der Waals surface area contributed by atoms with E-state index in [4.69, 9.17) is 9.47 Å². The molecule has 2 atom stereocenters. The number of fused-ring (bicyclic) bond motifs is 2. The quantitative estimate of drug-likeness (QED) is 0.269. The Morgan fingerprint density at radius 1 is 0.947 bits per heavy atom. The molecule has 0 saturated carbocycles. The zero-order valence-electron chi connectivity index (χ0n) is 22.6. The predicted octanol–water partition coefficient (Wildman–Crippen LogP) is 7.61. The molecular weight excluding hydrogens is 472 g/mol. The molecule has 4 aromatic carbocycles. The Morgan fingerprint density at radius 2 is 1.63 bits per heavy atom. The molecule has 38 heavy (non-hydrogen) atoms. The number of carbonyl (C=O) groups excluding carboxylic acids is 1. The van der Waals surface area contributed by atoms with Crippen LogP contribution in [-0.4, -0.2) is 35.8 Å². The van der Waals surface area contributed by atoms with Crippen LogP contribution >= 0.6 is 0 Å². The predicted molar refractivity (Wildman–Crippen MR) is 154 cm³/mol. The summed E-state index contributed by atoms with van der Waals surface area (Å²) in [6.07, 6.45) is -0.562. The van der Waals surface area contributed by atoms with Gasteiger partial charge in [0.15, 0.2) is 0 Å². The second kappa shape index (κ2) is 10.8. The first-order valence-electron chi connectivity index (χ1n) is 13.3. The smallest absolute Gasteiger partial charge is 0.410 e. The van der Waals surface area contributed by atoms with Crippen LogP contribution in [0.25, 0.3) is 10.8 Å². The van der Waals surface area contributed by atoms with E-state index in [-0.39, 0.29) is 18.2 Å². The van der Waals surface area contributed by atoms with Gasteiger partial charge in [0.25, 0.3) is 0 Å². The van der Waals surface area contributed by atoms with Gasteiger partial charge < -0.3 is 14.4 Å². The van der Waals surface area contributed by atoms with Gasteiger partial charge >= 0.3 is 6.09 Å². The zero-order chi connectivity index (χ0) is 26.7. The van der Waals surface area contributed by atoms with Crippen LogP contribution in [-0.2, 0) is 11.3 Å². The van der Waals surface area contributed by atoms with Crippen molar-refractivity contribution in [1.29, 1.82) is 0 Å². The van der Waals surface area contributed by atoms with Crippen molar-refractivity contribution in [1.82, 2.24) is 4.90 Å². The number of rotatable bonds is 6. The fraction of sp³-hybridized carbons (Fsp3) is 0.303. The number of hydrogen-bond acceptors (Lipinski definition) is 4. The lowest BCUT2D eigenvalue weighted by Crippen LogP contribution is -2.49. The number of para-hydroxylation sites is 2. The van der Waals surface area contributed by atoms with Crippen LogP contribution in [0.3, 0.4) is 0 Å². The van der Waals surface area contributed by atoms with Crippen LogP contribution in [0.15, 0.2) is 97.1 Å². The number of ether oxygens (including phenoxy) is 2. The van der Waals surface area contributed by atoms with Crippen molar-refractivity contribution in [2.75, 3.05) is 18.0 Å². The van der Waals surface area contributed by atoms with Crippen LogP contribution in [0, 0.1) is 0 Å². The first kappa shape index (κ1) is 25.7. The van der Waals surface area contributed by atoms with Crippen LogP contribution in [0.1, 0.15) is 44.9 Å². The lowest BCUT2D eigenvalue weighted by Gasteiger charge is -2.40. The molecule has 0 saturated heterocycles. The highest BCUT2D eigenvalue weighted by atomic mass is 16.6. The van der Waals surface area contributed by atoms with E-state index in [9.17, 15) is 4.79 Å². The Bertz CT molecular complexity index is 1390. The van der Waals surface area contributed by atoms with E-state index in [0.717, 1.165) is 34.3 Å². The molecule has 4 aromatic rings. The highest BCUT2D eigenvalue weighted by Crippen LogP contribution is 2.36. The highest BCUT2D eigenvalue weighted by Gasteiger charge is 2.33. The second-order valence-electron chi connectivity index (χ2n) is 11.0. The van der Waals surface area contributed by atoms with Gasteiger partial charge in [-0.25, -0.2) is 4.79 Å². The average molecular weight is 509 g/mol. The van der Waals surface area contributed by atoms with Crippen LogP contribution in [0.2, 0.25) is 0 Å². The van der Waals surface area contributed by atoms with E-state index >= 15 is 0 Å². The lowest BCUT2D eigenvalue weighted by atomic mass is 9.98. The van der Waals surface area contributed by atoms with E-state index in [1.165, 1.54) is 5.56 Å². The first-order valence-corrected chi connectivity index (χ1v) is 13.3. The Morgan fingerprint density at radius 3 is 2.42 bits per heavy atom. The fourth-order valence-corrected chi connectivity index (χ4v) is 5.14. The van der Waals surface area contributed by atoms with Gasteiger partial charge in [-0.3, -0.25) is 4.90 Å². The maximum atomic E-state index is 13.6. The fourth-order valence-electron chi connectivity index (χ4n) is 5.14. The van der Waals surface area contributed by atoms with Gasteiger partial charge in [-0.15, -0.1) is 0 Å². The average Bonchev–Trinajstić information content (AvgIpc) is 2.90. The van der Waals surface area contributed by atoms with Gasteiger partial charge in [-0.05, 0) is 61.7 Å². The maximum Gasteiger partial charge on any atom is 0.410 e. The molecule has 0 spiro atoms. The molecule has 1 aliphatic heterocycles. The monoisotopic (exact) mass is 508 g/mol. The molecule has 1 amide bonds. The van der Waals surface area contributed by atoms with Gasteiger partial charge in [-0.1, -0.05) is 84.9 Å². The molecule has 0 aromatic heterocycles. The SMILES string of the molecule is CC(c1cccc2ccccc12)N(CC1CN(Cc2ccccc2)c2ccccc2O1)C(=O)OC(C)(C)C. The summed E-state index contributed by atoms with van der Waals surface area (Å²) in [7, 11) is 0. The molecule has 1 heterocycles. The molecule has 0 N–H and O–H groups in total. The van der Waals surface area contributed by atoms with Gasteiger partial charge in [0.05, 0.1) is 24.8 Å². The Hall–Kier alpha value is -3.99. The van der Waals surface area contributed by atoms with E-state index < -0.39 is 5.60 Å². The number of nitrogens with zero attached hydrogens (tertiary/aromatic N) is 2. The standard InChI is InChI=1S/C33H36N2O3/c1-24(28-18-12-16-26-15-8-9-17-29(26)28)35(32(36)38-33(2,3)4)23-27-22-34(21-25-13-6-5-7-14-25)30-19-10-11-20-31(30)37-27/h5-20,24,27H,21-23H2,1-4H3. The molecular formula is C33H36N2O3. The van der Waals surface area contributed by atoms with Gasteiger partial charge in [0.2, 0.25) is 0 Å². The van der Waals surface area contributed by atoms with Crippen molar-refractivity contribution in [2.24, 2.45) is 0 Å². The summed E-state index contributed by atoms with van der Waals surface area (Å²) in [4.78, 5) is 17.8. The van der Waals surface area contributed by atoms with Crippen LogP contribution in [0.4, 0.5) is 10.5 Å². The number of hydrogen-bond donors (Lipinski definition) is 0. The van der Waals surface area contributed by atoms with Crippen molar-refractivity contribution >= 4 is 22.6 Å². The molecule has 1 aliphatic rings. The summed E-state index contributed by atoms with van der Waals surface area (Å²) in [6.45, 7) is 9.61. The molecule has 5 rings (SSSR count). The molecule has 196 valence electrons. The molecule has 0 radical (unpaired) electrons. The summed E-state index contributed by atoms with van der Waals surface area (Å²) in [5.74, 6) is 0.835. The van der Waals surface area contributed by atoms with E-state index in [2.05, 4.69) is 72.5 Å². The molecule has 2 unspecified atom stereocenters. The van der Waals surface area contributed by atoms with Crippen molar-refractivity contribution in [3.8, 4) is 5.75 Å². The van der Waals surface area contributed by atoms with Gasteiger partial charge in [0.1, 0.15) is 17.5 Å². The van der Waals surface area contributed by atoms with Crippen molar-refractivity contribution in [3.63, 3.8) is 0 Å². The first-order chi connectivity index (χ1) is 18.3. The summed E-state index contributed by atoms with van der Waals surface area (Å²) in [6, 6.07) is 32.9. The topological polar surface area (TPSA) is 42.0 Å². The molecule has 0 aliphatic carbocycles. The maximum absolute atomic E-state index is 13.6. The van der Waals surface area contributed by atoms with Crippen molar-refractivity contribution in [2.45, 2.75) is 52.0 Å². The minimum atomic E-state index is -0.604. The Labute approximate surface area is 225 Å². The van der Waals surface area contributed by atoms with Crippen molar-refractivity contribution in [3.05, 3.63) is 108 Å². The largest absolute Gasteiger partial charge is 0.485 e. The molecule has 0 bridgehead atoms. The number of benzene rings is 4. The Balaban J connectivity index is 1.46. The number of carbonyl (C=O) groups is 1. The second-order valence-corrected chi connectivity index (χ2v) is 11.0. The number of amides is 1. The zero-order valence-corrected chi connectivity index (χ0v) is 22.6. The van der Waals surface area contributed by atoms with Gasteiger partial charge in [-0.2, -0.15) is 0 Å². The van der Waals surface area contributed by atoms with Crippen LogP contribution in [0.5, 0.6) is 5.75 Å². The normalized spacial score (nSPS) is 15.9. The van der Waals surface area contributed by atoms with E-state index in [1.54, 1.807) is 0 Å². The molecule has 0 fully saturated rings. The lowest BCUT2D eigenvalue weighted by molar-refractivity contribution is 0.00787. The third kappa shape index (κ3) is 5.77. The third-order valence-corrected chi connectivity index (χ3v) is 6.91. The summed E-state index contributed by atoms with van der Waals surface area (Å²) in [5.41, 5.74) is 2.79. The van der Waals surface area contributed by atoms with Crippen LogP contribution < -0.4 is 9.64 Å². The Kier molecular flexibility index (Phi) is 7.28. The van der Waals surface area contributed by atoms with Crippen molar-refractivity contribution < 1.29 is 14.3 Å². The van der Waals surface area contributed by atoms with E-state index in [0.29, 0.717) is 13.1 Å². The minimum absolute atomic E-state index is 0.209. The highest BCUT2D eigenvalue weighted by molar-refractivity contribution is 5.86. The minimum Gasteiger partial charge on any atom is -0.485 e.